The van der Waals surface area contributed by atoms with Crippen LogP contribution in [0, 0.1) is 5.92 Å². The fourth-order valence-corrected chi connectivity index (χ4v) is 4.68. The molecule has 6 nitrogen and oxygen atoms in total. The van der Waals surface area contributed by atoms with Crippen LogP contribution in [0.1, 0.15) is 49.0 Å². The first-order chi connectivity index (χ1) is 16.9. The lowest BCUT2D eigenvalue weighted by atomic mass is 10.0. The lowest BCUT2D eigenvalue weighted by molar-refractivity contribution is -0.134. The molecule has 0 spiro atoms. The summed E-state index contributed by atoms with van der Waals surface area (Å²) in [7, 11) is 1.63. The maximum Gasteiger partial charge on any atom is 0.257 e. The third-order valence-corrected chi connectivity index (χ3v) is 6.65. The van der Waals surface area contributed by atoms with E-state index in [1.807, 2.05) is 52.3 Å². The van der Waals surface area contributed by atoms with Crippen LogP contribution in [-0.4, -0.2) is 67.6 Å². The highest BCUT2D eigenvalue weighted by Crippen LogP contribution is 2.24. The quantitative estimate of drug-likeness (QED) is 0.531. The summed E-state index contributed by atoms with van der Waals surface area (Å²) in [6.45, 7) is 6.81. The molecule has 0 bridgehead atoms. The molecule has 0 fully saturated rings. The molecule has 0 unspecified atom stereocenters. The van der Waals surface area contributed by atoms with E-state index < -0.39 is 0 Å². The molecule has 0 aromatic heterocycles. The summed E-state index contributed by atoms with van der Waals surface area (Å²) >= 11 is 6.36. The molecule has 0 N–H and O–H groups in total. The highest BCUT2D eigenvalue weighted by atomic mass is 35.5. The molecule has 7 heteroatoms. The molecule has 1 aliphatic heterocycles. The molecule has 0 saturated carbocycles. The number of hydrogen-bond acceptors (Lipinski definition) is 4. The standard InChI is InChI=1S/C28H37ClN2O4/c1-21(2)18-23-20-35-26-13-7-5-11-24(26)28(33)30(16-17-34-3)14-8-9-15-31(23)27(32)19-22-10-4-6-12-25(22)29/h4-7,10-13,21,23H,8-9,14-20H2,1-3H3/t23-/m0/s1. The van der Waals surface area contributed by atoms with Crippen LogP contribution in [0.25, 0.3) is 0 Å². The van der Waals surface area contributed by atoms with Gasteiger partial charge in [0.15, 0.2) is 0 Å². The van der Waals surface area contributed by atoms with E-state index in [1.165, 1.54) is 0 Å². The van der Waals surface area contributed by atoms with E-state index in [-0.39, 0.29) is 24.3 Å². The molecular weight excluding hydrogens is 464 g/mol. The van der Waals surface area contributed by atoms with Crippen molar-refractivity contribution in [2.45, 2.75) is 45.6 Å². The molecule has 1 heterocycles. The number of benzene rings is 2. The van der Waals surface area contributed by atoms with Crippen LogP contribution >= 0.6 is 11.6 Å². The SMILES string of the molecule is COCCN1CCCCN(C(=O)Cc2ccccc2Cl)[C@@H](CC(C)C)COc2ccccc2C1=O. The highest BCUT2D eigenvalue weighted by molar-refractivity contribution is 6.31. The van der Waals surface area contributed by atoms with Gasteiger partial charge in [0, 0.05) is 31.8 Å². The second-order valence-electron chi connectivity index (χ2n) is 9.44. The number of carbonyl (C=O) groups is 2. The van der Waals surface area contributed by atoms with Gasteiger partial charge in [-0.15, -0.1) is 0 Å². The summed E-state index contributed by atoms with van der Waals surface area (Å²) in [6, 6.07) is 14.8. The van der Waals surface area contributed by atoms with Crippen LogP contribution in [0.15, 0.2) is 48.5 Å². The zero-order chi connectivity index (χ0) is 25.2. The Labute approximate surface area is 214 Å². The van der Waals surface area contributed by atoms with Crippen molar-refractivity contribution in [3.8, 4) is 5.75 Å². The Morgan fingerprint density at radius 2 is 1.83 bits per heavy atom. The van der Waals surface area contributed by atoms with Crippen LogP contribution in [0.3, 0.4) is 0 Å². The lowest BCUT2D eigenvalue weighted by Crippen LogP contribution is -2.46. The maximum absolute atomic E-state index is 13.6. The van der Waals surface area contributed by atoms with Gasteiger partial charge in [-0.1, -0.05) is 55.8 Å². The molecule has 190 valence electrons. The molecule has 2 amide bonds. The number of carbonyl (C=O) groups excluding carboxylic acids is 2. The minimum Gasteiger partial charge on any atom is -0.491 e. The van der Waals surface area contributed by atoms with Crippen molar-refractivity contribution >= 4 is 23.4 Å². The zero-order valence-electron chi connectivity index (χ0n) is 21.0. The van der Waals surface area contributed by atoms with Gasteiger partial charge < -0.3 is 19.3 Å². The third-order valence-electron chi connectivity index (χ3n) is 6.28. The van der Waals surface area contributed by atoms with E-state index in [2.05, 4.69) is 13.8 Å². The predicted octanol–water partition coefficient (Wildman–Crippen LogP) is 5.09. The van der Waals surface area contributed by atoms with Crippen molar-refractivity contribution < 1.29 is 19.1 Å². The Morgan fingerprint density at radius 3 is 2.57 bits per heavy atom. The van der Waals surface area contributed by atoms with E-state index in [4.69, 9.17) is 21.1 Å². The second-order valence-corrected chi connectivity index (χ2v) is 9.85. The minimum atomic E-state index is -0.0998. The lowest BCUT2D eigenvalue weighted by Gasteiger charge is -2.34. The zero-order valence-corrected chi connectivity index (χ0v) is 21.8. The molecule has 0 aliphatic carbocycles. The van der Waals surface area contributed by atoms with Crippen molar-refractivity contribution in [1.29, 1.82) is 0 Å². The van der Waals surface area contributed by atoms with E-state index in [0.717, 1.165) is 24.8 Å². The second kappa shape index (κ2) is 13.5. The Hall–Kier alpha value is -2.57. The predicted molar refractivity (Wildman–Crippen MR) is 139 cm³/mol. The fraction of sp³-hybridized carbons (Fsp3) is 0.500. The van der Waals surface area contributed by atoms with Crippen molar-refractivity contribution in [3.63, 3.8) is 0 Å². The number of nitrogens with zero attached hydrogens (tertiary/aromatic N) is 2. The Bertz CT molecular complexity index is 981. The van der Waals surface area contributed by atoms with Gasteiger partial charge in [0.2, 0.25) is 5.91 Å². The molecule has 2 aromatic carbocycles. The van der Waals surface area contributed by atoms with Gasteiger partial charge in [0.25, 0.3) is 5.91 Å². The van der Waals surface area contributed by atoms with Crippen LogP contribution in [0.2, 0.25) is 5.02 Å². The molecule has 35 heavy (non-hydrogen) atoms. The number of methoxy groups -OCH3 is 1. The average molecular weight is 501 g/mol. The molecule has 1 aliphatic rings. The van der Waals surface area contributed by atoms with E-state index in [0.29, 0.717) is 55.1 Å². The van der Waals surface area contributed by atoms with Crippen molar-refractivity contribution in [3.05, 3.63) is 64.7 Å². The Morgan fingerprint density at radius 1 is 1.11 bits per heavy atom. The maximum atomic E-state index is 13.6. The first-order valence-electron chi connectivity index (χ1n) is 12.4. The summed E-state index contributed by atoms with van der Waals surface area (Å²) in [6.07, 6.45) is 2.65. The average Bonchev–Trinajstić information content (AvgIpc) is 2.84. The number of amides is 2. The third kappa shape index (κ3) is 7.71. The van der Waals surface area contributed by atoms with E-state index in [9.17, 15) is 9.59 Å². The minimum absolute atomic E-state index is 0.0463. The number of rotatable bonds is 7. The van der Waals surface area contributed by atoms with Gasteiger partial charge in [-0.3, -0.25) is 9.59 Å². The number of halogens is 1. The van der Waals surface area contributed by atoms with Crippen LogP contribution in [-0.2, 0) is 16.0 Å². The van der Waals surface area contributed by atoms with Gasteiger partial charge >= 0.3 is 0 Å². The number of para-hydroxylation sites is 1. The number of ether oxygens (including phenoxy) is 2. The number of fused-ring (bicyclic) bond motifs is 1. The molecule has 1 atom stereocenters. The number of hydrogen-bond donors (Lipinski definition) is 0. The summed E-state index contributed by atoms with van der Waals surface area (Å²) in [5.74, 6) is 0.927. The summed E-state index contributed by atoms with van der Waals surface area (Å²) in [5, 5.41) is 0.605. The molecule has 0 radical (unpaired) electrons. The van der Waals surface area contributed by atoms with E-state index >= 15 is 0 Å². The normalized spacial score (nSPS) is 17.4. The van der Waals surface area contributed by atoms with Gasteiger partial charge in [-0.05, 0) is 48.9 Å². The smallest absolute Gasteiger partial charge is 0.257 e. The largest absolute Gasteiger partial charge is 0.491 e. The summed E-state index contributed by atoms with van der Waals surface area (Å²) in [5.41, 5.74) is 1.37. The van der Waals surface area contributed by atoms with Crippen molar-refractivity contribution in [2.75, 3.05) is 40.0 Å². The van der Waals surface area contributed by atoms with Crippen LogP contribution in [0.4, 0.5) is 0 Å². The monoisotopic (exact) mass is 500 g/mol. The molecule has 3 rings (SSSR count). The van der Waals surface area contributed by atoms with Crippen LogP contribution in [0.5, 0.6) is 5.75 Å². The molecule has 0 saturated heterocycles. The Balaban J connectivity index is 1.89. The van der Waals surface area contributed by atoms with Crippen molar-refractivity contribution in [1.82, 2.24) is 9.80 Å². The summed E-state index contributed by atoms with van der Waals surface area (Å²) in [4.78, 5) is 30.7. The van der Waals surface area contributed by atoms with E-state index in [1.54, 1.807) is 13.2 Å². The Kier molecular flexibility index (Phi) is 10.4. The molecule has 2 aromatic rings. The van der Waals surface area contributed by atoms with Crippen LogP contribution < -0.4 is 4.74 Å². The topological polar surface area (TPSA) is 59.1 Å². The first-order valence-corrected chi connectivity index (χ1v) is 12.8. The van der Waals surface area contributed by atoms with Gasteiger partial charge in [0.1, 0.15) is 12.4 Å². The highest BCUT2D eigenvalue weighted by Gasteiger charge is 2.28. The summed E-state index contributed by atoms with van der Waals surface area (Å²) < 4.78 is 11.5. The van der Waals surface area contributed by atoms with Gasteiger partial charge in [-0.25, -0.2) is 0 Å². The first kappa shape index (κ1) is 27.0. The molecular formula is C28H37ClN2O4. The van der Waals surface area contributed by atoms with Crippen molar-refractivity contribution in [2.24, 2.45) is 5.92 Å². The van der Waals surface area contributed by atoms with Gasteiger partial charge in [-0.2, -0.15) is 0 Å². The van der Waals surface area contributed by atoms with Gasteiger partial charge in [0.05, 0.1) is 24.6 Å². The fourth-order valence-electron chi connectivity index (χ4n) is 4.47.